The minimum Gasteiger partial charge on any atom is -0.481 e. The summed E-state index contributed by atoms with van der Waals surface area (Å²) in [6, 6.07) is 7.74. The number of benzene rings is 1. The molecule has 1 aliphatic heterocycles. The Bertz CT molecular complexity index is 525. The molecule has 1 saturated carbocycles. The predicted molar refractivity (Wildman–Crippen MR) is 70.2 cm³/mol. The van der Waals surface area contributed by atoms with Crippen LogP contribution in [0.4, 0.5) is 5.69 Å². The van der Waals surface area contributed by atoms with Crippen LogP contribution in [0, 0.1) is 0 Å². The zero-order chi connectivity index (χ0) is 13.4. The van der Waals surface area contributed by atoms with Crippen molar-refractivity contribution in [2.75, 3.05) is 18.0 Å². The highest BCUT2D eigenvalue weighted by Crippen LogP contribution is 2.35. The summed E-state index contributed by atoms with van der Waals surface area (Å²) in [6.45, 7) is 0.601. The highest BCUT2D eigenvalue weighted by atomic mass is 16.4. The Morgan fingerprint density at radius 2 is 2.05 bits per heavy atom. The Labute approximate surface area is 111 Å². The molecule has 1 aromatic carbocycles. The number of carbonyl (C=O) groups excluding carboxylic acids is 1. The topological polar surface area (TPSA) is 69.6 Å². The van der Waals surface area contributed by atoms with Crippen molar-refractivity contribution >= 4 is 17.6 Å². The second-order valence-electron chi connectivity index (χ2n) is 5.17. The van der Waals surface area contributed by atoms with Gasteiger partial charge in [0.25, 0.3) is 0 Å². The molecule has 1 aromatic rings. The van der Waals surface area contributed by atoms with Gasteiger partial charge < -0.3 is 15.3 Å². The molecular weight excluding hydrogens is 244 g/mol. The molecule has 2 aliphatic rings. The maximum absolute atomic E-state index is 11.8. The van der Waals surface area contributed by atoms with Crippen molar-refractivity contribution in [2.45, 2.75) is 24.8 Å². The standard InChI is InChI=1S/C14H16N2O3/c17-13(15-9-5-6-9)8-16-7-11(14(18)19)10-3-1-2-4-12(10)16/h1-4,9,11H,5-8H2,(H,15,17)(H,18,19). The van der Waals surface area contributed by atoms with Crippen LogP contribution in [0.5, 0.6) is 0 Å². The summed E-state index contributed by atoms with van der Waals surface area (Å²) in [6.07, 6.45) is 2.11. The Kier molecular flexibility index (Phi) is 2.89. The molecular formula is C14H16N2O3. The van der Waals surface area contributed by atoms with Crippen molar-refractivity contribution in [1.29, 1.82) is 0 Å². The van der Waals surface area contributed by atoms with E-state index in [9.17, 15) is 14.7 Å². The second-order valence-corrected chi connectivity index (χ2v) is 5.17. The third-order valence-electron chi connectivity index (χ3n) is 3.63. The number of hydrogen-bond acceptors (Lipinski definition) is 3. The summed E-state index contributed by atoms with van der Waals surface area (Å²) < 4.78 is 0. The minimum absolute atomic E-state index is 0.0247. The van der Waals surface area contributed by atoms with E-state index < -0.39 is 11.9 Å². The zero-order valence-electron chi connectivity index (χ0n) is 10.5. The second kappa shape index (κ2) is 4.57. The van der Waals surface area contributed by atoms with Gasteiger partial charge in [-0.3, -0.25) is 9.59 Å². The minimum atomic E-state index is -0.836. The molecule has 0 bridgehead atoms. The van der Waals surface area contributed by atoms with Gasteiger partial charge in [-0.1, -0.05) is 18.2 Å². The number of carboxylic acids is 1. The number of hydrogen-bond donors (Lipinski definition) is 2. The van der Waals surface area contributed by atoms with E-state index in [4.69, 9.17) is 0 Å². The van der Waals surface area contributed by atoms with Gasteiger partial charge in [-0.15, -0.1) is 0 Å². The van der Waals surface area contributed by atoms with Gasteiger partial charge in [-0.2, -0.15) is 0 Å². The van der Waals surface area contributed by atoms with Crippen molar-refractivity contribution in [1.82, 2.24) is 5.32 Å². The number of nitrogens with zero attached hydrogens (tertiary/aromatic N) is 1. The molecule has 1 amide bonds. The lowest BCUT2D eigenvalue weighted by atomic mass is 10.0. The van der Waals surface area contributed by atoms with Crippen LogP contribution < -0.4 is 10.2 Å². The first kappa shape index (κ1) is 12.0. The lowest BCUT2D eigenvalue weighted by Crippen LogP contribution is -2.38. The van der Waals surface area contributed by atoms with Crippen molar-refractivity contribution in [3.05, 3.63) is 29.8 Å². The molecule has 1 unspecified atom stereocenters. The Morgan fingerprint density at radius 3 is 2.74 bits per heavy atom. The molecule has 1 fully saturated rings. The van der Waals surface area contributed by atoms with Crippen LogP contribution in [0.15, 0.2) is 24.3 Å². The number of carboxylic acid groups (broad SMARTS) is 1. The average Bonchev–Trinajstić information content (AvgIpc) is 3.10. The Morgan fingerprint density at radius 1 is 1.32 bits per heavy atom. The van der Waals surface area contributed by atoms with E-state index in [-0.39, 0.29) is 12.5 Å². The Hall–Kier alpha value is -2.04. The first-order chi connectivity index (χ1) is 9.15. The number of rotatable bonds is 4. The number of amides is 1. The van der Waals surface area contributed by atoms with Gasteiger partial charge in [-0.05, 0) is 24.5 Å². The maximum atomic E-state index is 11.8. The van der Waals surface area contributed by atoms with Gasteiger partial charge >= 0.3 is 5.97 Å². The normalized spacial score (nSPS) is 21.1. The molecule has 3 rings (SSSR count). The molecule has 0 radical (unpaired) electrons. The number of carbonyl (C=O) groups is 2. The van der Waals surface area contributed by atoms with Crippen LogP contribution in [0.1, 0.15) is 24.3 Å². The fourth-order valence-electron chi connectivity index (χ4n) is 2.52. The number of anilines is 1. The predicted octanol–water partition coefficient (Wildman–Crippen LogP) is 0.953. The van der Waals surface area contributed by atoms with Crippen molar-refractivity contribution in [3.63, 3.8) is 0 Å². The van der Waals surface area contributed by atoms with Gasteiger partial charge in [0.05, 0.1) is 6.54 Å². The molecule has 19 heavy (non-hydrogen) atoms. The Balaban J connectivity index is 1.76. The van der Waals surface area contributed by atoms with Crippen LogP contribution in [-0.2, 0) is 9.59 Å². The van der Waals surface area contributed by atoms with E-state index in [1.807, 2.05) is 29.2 Å². The van der Waals surface area contributed by atoms with Crippen LogP contribution in [0.25, 0.3) is 0 Å². The van der Waals surface area contributed by atoms with Crippen molar-refractivity contribution in [2.24, 2.45) is 0 Å². The van der Waals surface area contributed by atoms with Crippen LogP contribution in [0.3, 0.4) is 0 Å². The molecule has 0 saturated heterocycles. The monoisotopic (exact) mass is 260 g/mol. The molecule has 5 nitrogen and oxygen atoms in total. The molecule has 0 spiro atoms. The van der Waals surface area contributed by atoms with Crippen LogP contribution in [-0.4, -0.2) is 36.1 Å². The maximum Gasteiger partial charge on any atom is 0.312 e. The zero-order valence-corrected chi connectivity index (χ0v) is 10.5. The average molecular weight is 260 g/mol. The van der Waals surface area contributed by atoms with E-state index in [2.05, 4.69) is 5.32 Å². The molecule has 1 aliphatic carbocycles. The number of fused-ring (bicyclic) bond motifs is 1. The molecule has 1 atom stereocenters. The van der Waals surface area contributed by atoms with E-state index in [1.165, 1.54) is 0 Å². The van der Waals surface area contributed by atoms with E-state index in [0.29, 0.717) is 12.6 Å². The van der Waals surface area contributed by atoms with Gasteiger partial charge in [0.15, 0.2) is 0 Å². The van der Waals surface area contributed by atoms with Gasteiger partial charge in [0.1, 0.15) is 5.92 Å². The molecule has 5 heteroatoms. The van der Waals surface area contributed by atoms with Gasteiger partial charge in [-0.25, -0.2) is 0 Å². The summed E-state index contributed by atoms with van der Waals surface area (Å²) in [5.74, 6) is -1.40. The smallest absolute Gasteiger partial charge is 0.312 e. The van der Waals surface area contributed by atoms with Gasteiger partial charge in [0, 0.05) is 18.3 Å². The summed E-state index contributed by atoms with van der Waals surface area (Å²) in [7, 11) is 0. The third kappa shape index (κ3) is 2.41. The SMILES string of the molecule is O=C(CN1CC(C(=O)O)c2ccccc21)NC1CC1. The molecule has 1 heterocycles. The quantitative estimate of drug-likeness (QED) is 0.845. The number of aliphatic carboxylic acids is 1. The van der Waals surface area contributed by atoms with Gasteiger partial charge in [0.2, 0.25) is 5.91 Å². The lowest BCUT2D eigenvalue weighted by Gasteiger charge is -2.18. The summed E-state index contributed by atoms with van der Waals surface area (Å²) in [5, 5.41) is 12.2. The first-order valence-corrected chi connectivity index (χ1v) is 6.51. The van der Waals surface area contributed by atoms with E-state index in [1.54, 1.807) is 0 Å². The fourth-order valence-corrected chi connectivity index (χ4v) is 2.52. The van der Waals surface area contributed by atoms with Crippen molar-refractivity contribution < 1.29 is 14.7 Å². The van der Waals surface area contributed by atoms with Crippen molar-refractivity contribution in [3.8, 4) is 0 Å². The highest BCUT2D eigenvalue weighted by Gasteiger charge is 2.34. The largest absolute Gasteiger partial charge is 0.481 e. The third-order valence-corrected chi connectivity index (χ3v) is 3.63. The summed E-state index contributed by atoms with van der Waals surface area (Å²) in [5.41, 5.74) is 1.66. The molecule has 100 valence electrons. The summed E-state index contributed by atoms with van der Waals surface area (Å²) >= 11 is 0. The van der Waals surface area contributed by atoms with E-state index >= 15 is 0 Å². The molecule has 2 N–H and O–H groups in total. The first-order valence-electron chi connectivity index (χ1n) is 6.51. The highest BCUT2D eigenvalue weighted by molar-refractivity contribution is 5.87. The van der Waals surface area contributed by atoms with E-state index in [0.717, 1.165) is 24.1 Å². The van der Waals surface area contributed by atoms with Crippen LogP contribution >= 0.6 is 0 Å². The van der Waals surface area contributed by atoms with Crippen LogP contribution in [0.2, 0.25) is 0 Å². The summed E-state index contributed by atoms with van der Waals surface area (Å²) in [4.78, 5) is 24.9. The fraction of sp³-hybridized carbons (Fsp3) is 0.429. The number of para-hydroxylation sites is 1. The number of nitrogens with one attached hydrogen (secondary N) is 1. The lowest BCUT2D eigenvalue weighted by molar-refractivity contribution is -0.138. The molecule has 0 aromatic heterocycles.